The summed E-state index contributed by atoms with van der Waals surface area (Å²) in [6.07, 6.45) is 0. The molecule has 0 saturated heterocycles. The van der Waals surface area contributed by atoms with Gasteiger partial charge in [0.2, 0.25) is 0 Å². The predicted molar refractivity (Wildman–Crippen MR) is 86.2 cm³/mol. The summed E-state index contributed by atoms with van der Waals surface area (Å²) >= 11 is 0. The monoisotopic (exact) mass is 278 g/mol. The summed E-state index contributed by atoms with van der Waals surface area (Å²) in [4.78, 5) is 2.36. The number of methoxy groups -OCH3 is 1. The molecule has 3 heteroatoms. The van der Waals surface area contributed by atoms with Gasteiger partial charge in [0.15, 0.2) is 0 Å². The van der Waals surface area contributed by atoms with Crippen molar-refractivity contribution in [2.75, 3.05) is 27.2 Å². The zero-order valence-corrected chi connectivity index (χ0v) is 13.9. The van der Waals surface area contributed by atoms with E-state index in [0.29, 0.717) is 6.04 Å². The molecule has 1 unspecified atom stereocenters. The number of hydrogen-bond donors (Lipinski definition) is 1. The first-order chi connectivity index (χ1) is 9.38. The van der Waals surface area contributed by atoms with Gasteiger partial charge in [-0.05, 0) is 25.1 Å². The van der Waals surface area contributed by atoms with Gasteiger partial charge < -0.3 is 15.0 Å². The molecule has 1 aromatic rings. The molecule has 20 heavy (non-hydrogen) atoms. The van der Waals surface area contributed by atoms with Gasteiger partial charge in [-0.3, -0.25) is 0 Å². The quantitative estimate of drug-likeness (QED) is 0.829. The molecule has 0 aliphatic carbocycles. The minimum atomic E-state index is 0.255. The van der Waals surface area contributed by atoms with Crippen LogP contribution in [0.25, 0.3) is 0 Å². The topological polar surface area (TPSA) is 24.5 Å². The Hall–Kier alpha value is -1.06. The number of likely N-dealkylation sites (N-methyl/N-ethyl adjacent to an activating group) is 2. The molecule has 0 radical (unpaired) electrons. The average molecular weight is 278 g/mol. The lowest BCUT2D eigenvalue weighted by Crippen LogP contribution is -2.47. The van der Waals surface area contributed by atoms with E-state index in [0.717, 1.165) is 25.4 Å². The van der Waals surface area contributed by atoms with Crippen LogP contribution in [-0.4, -0.2) is 38.2 Å². The van der Waals surface area contributed by atoms with Gasteiger partial charge in [0.25, 0.3) is 0 Å². The van der Waals surface area contributed by atoms with E-state index in [1.165, 1.54) is 5.56 Å². The summed E-state index contributed by atoms with van der Waals surface area (Å²) in [5.74, 6) is 0.968. The van der Waals surface area contributed by atoms with Crippen LogP contribution in [0.1, 0.15) is 33.3 Å². The van der Waals surface area contributed by atoms with E-state index in [2.05, 4.69) is 57.1 Å². The van der Waals surface area contributed by atoms with Crippen molar-refractivity contribution in [3.8, 4) is 5.75 Å². The Morgan fingerprint density at radius 1 is 1.25 bits per heavy atom. The molecule has 0 aliphatic heterocycles. The van der Waals surface area contributed by atoms with E-state index >= 15 is 0 Å². The summed E-state index contributed by atoms with van der Waals surface area (Å²) in [5.41, 5.74) is 1.49. The van der Waals surface area contributed by atoms with E-state index in [4.69, 9.17) is 4.74 Å². The molecule has 1 aromatic carbocycles. The first kappa shape index (κ1) is 17.0. The highest BCUT2D eigenvalue weighted by molar-refractivity contribution is 5.33. The second-order valence-corrected chi connectivity index (χ2v) is 6.48. The first-order valence-electron chi connectivity index (χ1n) is 7.42. The SMILES string of the molecule is CCNC(CN(C)Cc1ccccc1OC)C(C)(C)C. The number of ether oxygens (including phenoxy) is 1. The Morgan fingerprint density at radius 3 is 2.45 bits per heavy atom. The van der Waals surface area contributed by atoms with E-state index in [1.54, 1.807) is 7.11 Å². The fourth-order valence-corrected chi connectivity index (χ4v) is 2.39. The van der Waals surface area contributed by atoms with Crippen LogP contribution in [0.15, 0.2) is 24.3 Å². The summed E-state index contributed by atoms with van der Waals surface area (Å²) in [7, 11) is 3.90. The van der Waals surface area contributed by atoms with Crippen molar-refractivity contribution in [2.24, 2.45) is 5.41 Å². The highest BCUT2D eigenvalue weighted by Crippen LogP contribution is 2.22. The molecule has 3 nitrogen and oxygen atoms in total. The molecule has 1 N–H and O–H groups in total. The fraction of sp³-hybridized carbons (Fsp3) is 0.647. The van der Waals surface area contributed by atoms with Gasteiger partial charge >= 0.3 is 0 Å². The van der Waals surface area contributed by atoms with Crippen molar-refractivity contribution >= 4 is 0 Å². The minimum Gasteiger partial charge on any atom is -0.496 e. The number of nitrogens with zero attached hydrogens (tertiary/aromatic N) is 1. The van der Waals surface area contributed by atoms with Crippen LogP contribution < -0.4 is 10.1 Å². The highest BCUT2D eigenvalue weighted by Gasteiger charge is 2.24. The van der Waals surface area contributed by atoms with Crippen molar-refractivity contribution in [2.45, 2.75) is 40.3 Å². The van der Waals surface area contributed by atoms with E-state index < -0.39 is 0 Å². The lowest BCUT2D eigenvalue weighted by molar-refractivity contribution is 0.191. The largest absolute Gasteiger partial charge is 0.496 e. The number of hydrogen-bond acceptors (Lipinski definition) is 3. The second-order valence-electron chi connectivity index (χ2n) is 6.48. The van der Waals surface area contributed by atoms with Crippen LogP contribution in [0, 0.1) is 5.41 Å². The summed E-state index contributed by atoms with van der Waals surface area (Å²) in [5, 5.41) is 3.59. The second kappa shape index (κ2) is 7.65. The van der Waals surface area contributed by atoms with Gasteiger partial charge in [-0.25, -0.2) is 0 Å². The molecule has 1 rings (SSSR count). The maximum Gasteiger partial charge on any atom is 0.123 e. The zero-order chi connectivity index (χ0) is 15.2. The van der Waals surface area contributed by atoms with Crippen LogP contribution in [0.4, 0.5) is 0 Å². The fourth-order valence-electron chi connectivity index (χ4n) is 2.39. The summed E-state index contributed by atoms with van der Waals surface area (Å²) in [6, 6.07) is 8.71. The maximum atomic E-state index is 5.42. The average Bonchev–Trinajstić information content (AvgIpc) is 2.37. The summed E-state index contributed by atoms with van der Waals surface area (Å²) in [6.45, 7) is 12.0. The Bertz CT molecular complexity index is 398. The lowest BCUT2D eigenvalue weighted by Gasteiger charge is -2.34. The van der Waals surface area contributed by atoms with Gasteiger partial charge in [-0.2, -0.15) is 0 Å². The smallest absolute Gasteiger partial charge is 0.123 e. The van der Waals surface area contributed by atoms with Crippen molar-refractivity contribution < 1.29 is 4.74 Å². The van der Waals surface area contributed by atoms with E-state index in [-0.39, 0.29) is 5.41 Å². The van der Waals surface area contributed by atoms with E-state index in [9.17, 15) is 0 Å². The molecule has 0 aromatic heterocycles. The molecule has 0 heterocycles. The Labute approximate surface area is 124 Å². The Balaban J connectivity index is 2.68. The van der Waals surface area contributed by atoms with Gasteiger partial charge in [0.05, 0.1) is 7.11 Å². The third-order valence-electron chi connectivity index (χ3n) is 3.62. The molecule has 0 fully saturated rings. The van der Waals surface area contributed by atoms with Gasteiger partial charge in [0.1, 0.15) is 5.75 Å². The molecule has 0 saturated carbocycles. The Morgan fingerprint density at radius 2 is 1.90 bits per heavy atom. The first-order valence-corrected chi connectivity index (χ1v) is 7.42. The molecular formula is C17H30N2O. The van der Waals surface area contributed by atoms with Gasteiger partial charge in [-0.1, -0.05) is 45.9 Å². The van der Waals surface area contributed by atoms with Crippen molar-refractivity contribution in [3.63, 3.8) is 0 Å². The van der Waals surface area contributed by atoms with Crippen LogP contribution >= 0.6 is 0 Å². The van der Waals surface area contributed by atoms with Crippen molar-refractivity contribution in [1.29, 1.82) is 0 Å². The minimum absolute atomic E-state index is 0.255. The third kappa shape index (κ3) is 5.14. The third-order valence-corrected chi connectivity index (χ3v) is 3.62. The van der Waals surface area contributed by atoms with Gasteiger partial charge in [0, 0.05) is 24.7 Å². The number of para-hydroxylation sites is 1. The van der Waals surface area contributed by atoms with E-state index in [1.807, 2.05) is 12.1 Å². The normalized spacial score (nSPS) is 13.6. The highest BCUT2D eigenvalue weighted by atomic mass is 16.5. The van der Waals surface area contributed by atoms with Crippen LogP contribution in [0.5, 0.6) is 5.75 Å². The standard InChI is InChI=1S/C17H30N2O/c1-7-18-16(17(2,3)4)13-19(5)12-14-10-8-9-11-15(14)20-6/h8-11,16,18H,7,12-13H2,1-6H3. The van der Waals surface area contributed by atoms with Crippen LogP contribution in [0.2, 0.25) is 0 Å². The van der Waals surface area contributed by atoms with Gasteiger partial charge in [-0.15, -0.1) is 0 Å². The molecule has 0 spiro atoms. The Kier molecular flexibility index (Phi) is 6.50. The predicted octanol–water partition coefficient (Wildman–Crippen LogP) is 3.15. The molecule has 0 amide bonds. The maximum absolute atomic E-state index is 5.42. The number of rotatable bonds is 7. The lowest BCUT2D eigenvalue weighted by atomic mass is 9.86. The number of benzene rings is 1. The molecular weight excluding hydrogens is 248 g/mol. The molecule has 0 aliphatic rings. The number of nitrogens with one attached hydrogen (secondary N) is 1. The summed E-state index contributed by atoms with van der Waals surface area (Å²) < 4.78 is 5.42. The van der Waals surface area contributed by atoms with Crippen molar-refractivity contribution in [1.82, 2.24) is 10.2 Å². The zero-order valence-electron chi connectivity index (χ0n) is 13.9. The van der Waals surface area contributed by atoms with Crippen molar-refractivity contribution in [3.05, 3.63) is 29.8 Å². The molecule has 114 valence electrons. The van der Waals surface area contributed by atoms with Crippen LogP contribution in [-0.2, 0) is 6.54 Å². The van der Waals surface area contributed by atoms with Crippen LogP contribution in [0.3, 0.4) is 0 Å². The molecule has 1 atom stereocenters. The molecule has 0 bridgehead atoms.